The van der Waals surface area contributed by atoms with E-state index in [1.807, 2.05) is 0 Å². The SMILES string of the molecule is CN(C)CCCN1CCC(OCC(=O)O)CC1. The zero-order valence-electron chi connectivity index (χ0n) is 10.9. The van der Waals surface area contributed by atoms with Gasteiger partial charge in [0.1, 0.15) is 6.61 Å². The second-order valence-corrected chi connectivity index (χ2v) is 4.90. The molecule has 5 heteroatoms. The molecule has 0 aromatic carbocycles. The first kappa shape index (κ1) is 14.4. The number of likely N-dealkylation sites (tertiary alicyclic amines) is 1. The molecule has 1 saturated heterocycles. The second-order valence-electron chi connectivity index (χ2n) is 4.90. The van der Waals surface area contributed by atoms with Crippen molar-refractivity contribution in [2.75, 3.05) is 46.9 Å². The molecule has 0 aromatic heterocycles. The highest BCUT2D eigenvalue weighted by molar-refractivity contribution is 5.68. The molecule has 17 heavy (non-hydrogen) atoms. The Bertz CT molecular complexity index is 226. The number of nitrogens with zero attached hydrogens (tertiary/aromatic N) is 2. The summed E-state index contributed by atoms with van der Waals surface area (Å²) in [7, 11) is 4.18. The predicted octanol–water partition coefficient (Wildman–Crippen LogP) is 0.504. The highest BCUT2D eigenvalue weighted by Crippen LogP contribution is 2.13. The standard InChI is InChI=1S/C12H24N2O3/c1-13(2)6-3-7-14-8-4-11(5-9-14)17-10-12(15)16/h11H,3-10H2,1-2H3,(H,15,16). The number of hydrogen-bond acceptors (Lipinski definition) is 4. The number of carboxylic acid groups (broad SMARTS) is 1. The van der Waals surface area contributed by atoms with Crippen LogP contribution in [0.3, 0.4) is 0 Å². The van der Waals surface area contributed by atoms with Crippen molar-refractivity contribution in [2.45, 2.75) is 25.4 Å². The number of piperidine rings is 1. The van der Waals surface area contributed by atoms with Gasteiger partial charge >= 0.3 is 5.97 Å². The minimum atomic E-state index is -0.876. The van der Waals surface area contributed by atoms with E-state index in [-0.39, 0.29) is 12.7 Å². The Morgan fingerprint density at radius 3 is 2.59 bits per heavy atom. The lowest BCUT2D eigenvalue weighted by Gasteiger charge is -2.31. The molecule has 0 aliphatic carbocycles. The smallest absolute Gasteiger partial charge is 0.329 e. The van der Waals surface area contributed by atoms with Crippen LogP contribution in [-0.2, 0) is 9.53 Å². The maximum absolute atomic E-state index is 10.4. The number of rotatable bonds is 7. The molecule has 1 N–H and O–H groups in total. The van der Waals surface area contributed by atoms with Crippen molar-refractivity contribution >= 4 is 5.97 Å². The van der Waals surface area contributed by atoms with Gasteiger partial charge in [-0.3, -0.25) is 0 Å². The third-order valence-corrected chi connectivity index (χ3v) is 3.06. The van der Waals surface area contributed by atoms with Gasteiger partial charge in [0.05, 0.1) is 6.10 Å². The van der Waals surface area contributed by atoms with E-state index in [4.69, 9.17) is 9.84 Å². The molecule has 0 unspecified atom stereocenters. The van der Waals surface area contributed by atoms with Crippen LogP contribution in [-0.4, -0.2) is 73.9 Å². The summed E-state index contributed by atoms with van der Waals surface area (Å²) in [4.78, 5) is 15.0. The van der Waals surface area contributed by atoms with Gasteiger partial charge in [-0.1, -0.05) is 0 Å². The second kappa shape index (κ2) is 7.63. The van der Waals surface area contributed by atoms with Crippen molar-refractivity contribution in [3.8, 4) is 0 Å². The maximum Gasteiger partial charge on any atom is 0.329 e. The normalized spacial score (nSPS) is 18.8. The number of carbonyl (C=O) groups is 1. The summed E-state index contributed by atoms with van der Waals surface area (Å²) in [6, 6.07) is 0. The van der Waals surface area contributed by atoms with Gasteiger partial charge in [-0.2, -0.15) is 0 Å². The van der Waals surface area contributed by atoms with E-state index in [1.54, 1.807) is 0 Å². The Morgan fingerprint density at radius 2 is 2.06 bits per heavy atom. The minimum Gasteiger partial charge on any atom is -0.480 e. The van der Waals surface area contributed by atoms with E-state index in [1.165, 1.54) is 6.42 Å². The Kier molecular flexibility index (Phi) is 6.47. The van der Waals surface area contributed by atoms with Gasteiger partial charge in [-0.05, 0) is 46.4 Å². The molecular weight excluding hydrogens is 220 g/mol. The number of ether oxygens (including phenoxy) is 1. The zero-order chi connectivity index (χ0) is 12.7. The fourth-order valence-electron chi connectivity index (χ4n) is 2.10. The molecule has 1 fully saturated rings. The van der Waals surface area contributed by atoms with Crippen LogP contribution >= 0.6 is 0 Å². The monoisotopic (exact) mass is 244 g/mol. The summed E-state index contributed by atoms with van der Waals surface area (Å²) in [6.45, 7) is 4.14. The molecule has 0 bridgehead atoms. The molecule has 1 rings (SSSR count). The van der Waals surface area contributed by atoms with Crippen molar-refractivity contribution in [2.24, 2.45) is 0 Å². The number of hydrogen-bond donors (Lipinski definition) is 1. The average molecular weight is 244 g/mol. The van der Waals surface area contributed by atoms with E-state index >= 15 is 0 Å². The van der Waals surface area contributed by atoms with Gasteiger partial charge in [-0.25, -0.2) is 4.79 Å². The van der Waals surface area contributed by atoms with Crippen molar-refractivity contribution in [1.29, 1.82) is 0 Å². The molecule has 100 valence electrons. The molecule has 1 heterocycles. The van der Waals surface area contributed by atoms with Crippen molar-refractivity contribution in [3.63, 3.8) is 0 Å². The summed E-state index contributed by atoms with van der Waals surface area (Å²) in [5, 5.41) is 8.52. The fraction of sp³-hybridized carbons (Fsp3) is 0.917. The van der Waals surface area contributed by atoms with Gasteiger partial charge in [0, 0.05) is 13.1 Å². The van der Waals surface area contributed by atoms with E-state index in [9.17, 15) is 4.79 Å². The summed E-state index contributed by atoms with van der Waals surface area (Å²) >= 11 is 0. The molecule has 0 atom stereocenters. The van der Waals surface area contributed by atoms with Crippen LogP contribution in [0, 0.1) is 0 Å². The fourth-order valence-corrected chi connectivity index (χ4v) is 2.10. The zero-order valence-corrected chi connectivity index (χ0v) is 10.9. The van der Waals surface area contributed by atoms with E-state index in [2.05, 4.69) is 23.9 Å². The predicted molar refractivity (Wildman–Crippen MR) is 66.2 cm³/mol. The Balaban J connectivity index is 2.07. The largest absolute Gasteiger partial charge is 0.480 e. The van der Waals surface area contributed by atoms with E-state index in [0.29, 0.717) is 0 Å². The summed E-state index contributed by atoms with van der Waals surface area (Å²) < 4.78 is 5.30. The molecule has 1 aliphatic rings. The molecule has 1 aliphatic heterocycles. The number of carboxylic acids is 1. The van der Waals surface area contributed by atoms with Crippen molar-refractivity contribution < 1.29 is 14.6 Å². The molecule has 0 spiro atoms. The van der Waals surface area contributed by atoms with Crippen LogP contribution in [0.5, 0.6) is 0 Å². The highest BCUT2D eigenvalue weighted by Gasteiger charge is 2.19. The Hall–Kier alpha value is -0.650. The van der Waals surface area contributed by atoms with Crippen LogP contribution < -0.4 is 0 Å². The van der Waals surface area contributed by atoms with Gasteiger partial charge in [-0.15, -0.1) is 0 Å². The molecular formula is C12H24N2O3. The van der Waals surface area contributed by atoms with Crippen LogP contribution in [0.1, 0.15) is 19.3 Å². The van der Waals surface area contributed by atoms with E-state index < -0.39 is 5.97 Å². The van der Waals surface area contributed by atoms with E-state index in [0.717, 1.165) is 39.0 Å². The molecule has 5 nitrogen and oxygen atoms in total. The third-order valence-electron chi connectivity index (χ3n) is 3.06. The van der Waals surface area contributed by atoms with Crippen LogP contribution in [0.4, 0.5) is 0 Å². The Morgan fingerprint density at radius 1 is 1.41 bits per heavy atom. The first-order valence-electron chi connectivity index (χ1n) is 6.28. The number of aliphatic carboxylic acids is 1. The summed E-state index contributed by atoms with van der Waals surface area (Å²) in [5.74, 6) is -0.876. The molecule has 0 saturated carbocycles. The average Bonchev–Trinajstić information content (AvgIpc) is 2.27. The van der Waals surface area contributed by atoms with Gasteiger partial charge < -0.3 is 19.6 Å². The topological polar surface area (TPSA) is 53.0 Å². The first-order valence-corrected chi connectivity index (χ1v) is 6.28. The first-order chi connectivity index (χ1) is 8.08. The molecule has 0 radical (unpaired) electrons. The maximum atomic E-state index is 10.4. The van der Waals surface area contributed by atoms with Crippen LogP contribution in [0.25, 0.3) is 0 Å². The van der Waals surface area contributed by atoms with Crippen LogP contribution in [0.15, 0.2) is 0 Å². The minimum absolute atomic E-state index is 0.135. The van der Waals surface area contributed by atoms with Gasteiger partial charge in [0.2, 0.25) is 0 Å². The van der Waals surface area contributed by atoms with Gasteiger partial charge in [0.25, 0.3) is 0 Å². The molecule has 0 aromatic rings. The Labute approximate surface area is 103 Å². The lowest BCUT2D eigenvalue weighted by atomic mass is 10.1. The lowest BCUT2D eigenvalue weighted by molar-refractivity contribution is -0.145. The van der Waals surface area contributed by atoms with Gasteiger partial charge in [0.15, 0.2) is 0 Å². The quantitative estimate of drug-likeness (QED) is 0.707. The van der Waals surface area contributed by atoms with Crippen LogP contribution in [0.2, 0.25) is 0 Å². The highest BCUT2D eigenvalue weighted by atomic mass is 16.5. The third kappa shape index (κ3) is 6.61. The molecule has 0 amide bonds. The van der Waals surface area contributed by atoms with Crippen molar-refractivity contribution in [1.82, 2.24) is 9.80 Å². The summed E-state index contributed by atoms with van der Waals surface area (Å²) in [6.07, 6.45) is 3.23. The summed E-state index contributed by atoms with van der Waals surface area (Å²) in [5.41, 5.74) is 0. The van der Waals surface area contributed by atoms with Crippen molar-refractivity contribution in [3.05, 3.63) is 0 Å². The lowest BCUT2D eigenvalue weighted by Crippen LogP contribution is -2.38.